The van der Waals surface area contributed by atoms with Crippen molar-refractivity contribution in [2.75, 3.05) is 13.1 Å². The zero-order valence-corrected chi connectivity index (χ0v) is 16.5. The van der Waals surface area contributed by atoms with Gasteiger partial charge in [0.05, 0.1) is 23.5 Å². The molecule has 0 N–H and O–H groups in total. The third-order valence-electron chi connectivity index (χ3n) is 6.65. The molecule has 1 aliphatic carbocycles. The molecule has 1 aromatic heterocycles. The van der Waals surface area contributed by atoms with E-state index in [0.717, 1.165) is 29.8 Å². The minimum Gasteiger partial charge on any atom is -0.338 e. The van der Waals surface area contributed by atoms with E-state index in [4.69, 9.17) is 0 Å². The highest BCUT2D eigenvalue weighted by Crippen LogP contribution is 2.40. The average molecular weight is 378 g/mol. The summed E-state index contributed by atoms with van der Waals surface area (Å²) < 4.78 is 1.78. The number of aromatic nitrogens is 2. The van der Waals surface area contributed by atoms with Crippen LogP contribution in [0.25, 0.3) is 5.69 Å². The van der Waals surface area contributed by atoms with E-state index in [1.54, 1.807) is 4.68 Å². The maximum atomic E-state index is 13.3. The molecule has 3 heterocycles. The Labute approximate surface area is 165 Å². The Hall–Kier alpha value is -2.63. The third kappa shape index (κ3) is 2.50. The molecule has 2 fully saturated rings. The summed E-state index contributed by atoms with van der Waals surface area (Å²) in [5.41, 5.74) is 3.51. The fourth-order valence-electron chi connectivity index (χ4n) is 5.16. The van der Waals surface area contributed by atoms with Crippen LogP contribution in [0.5, 0.6) is 0 Å². The smallest absolute Gasteiger partial charge is 0.273 e. The number of hydrogen-bond donors (Lipinski definition) is 0. The van der Waals surface area contributed by atoms with E-state index in [-0.39, 0.29) is 29.8 Å². The maximum Gasteiger partial charge on any atom is 0.273 e. The first-order valence-corrected chi connectivity index (χ1v) is 10.3. The number of amides is 2. The number of nitrogens with zero attached hydrogens (tertiary/aromatic N) is 4. The molecule has 0 radical (unpaired) electrons. The molecule has 1 unspecified atom stereocenters. The van der Waals surface area contributed by atoms with E-state index in [9.17, 15) is 9.59 Å². The van der Waals surface area contributed by atoms with Gasteiger partial charge in [-0.25, -0.2) is 4.68 Å². The van der Waals surface area contributed by atoms with E-state index in [2.05, 4.69) is 12.0 Å². The number of hydrogen-bond acceptors (Lipinski definition) is 3. The highest BCUT2D eigenvalue weighted by atomic mass is 16.2. The molecule has 1 saturated heterocycles. The van der Waals surface area contributed by atoms with Gasteiger partial charge < -0.3 is 9.80 Å². The van der Waals surface area contributed by atoms with Crippen LogP contribution in [0.4, 0.5) is 0 Å². The number of rotatable bonds is 3. The molecule has 3 aliphatic rings. The van der Waals surface area contributed by atoms with Crippen LogP contribution in [0.3, 0.4) is 0 Å². The number of para-hydroxylation sites is 1. The SMILES string of the molecule is Cc1nn(-c2ccccc2)c2c1C(C)N(C1CN(C(=O)C3CCCC3)C1)C2=O. The van der Waals surface area contributed by atoms with Gasteiger partial charge in [-0.2, -0.15) is 5.10 Å². The number of carbonyl (C=O) groups is 2. The second-order valence-electron chi connectivity index (χ2n) is 8.36. The lowest BCUT2D eigenvalue weighted by Crippen LogP contribution is -2.62. The van der Waals surface area contributed by atoms with Gasteiger partial charge in [0.2, 0.25) is 5.91 Å². The van der Waals surface area contributed by atoms with Gasteiger partial charge in [0.25, 0.3) is 5.91 Å². The summed E-state index contributed by atoms with van der Waals surface area (Å²) >= 11 is 0. The molecule has 1 atom stereocenters. The topological polar surface area (TPSA) is 58.4 Å². The Bertz CT molecular complexity index is 924. The first-order chi connectivity index (χ1) is 13.6. The molecule has 28 heavy (non-hydrogen) atoms. The first-order valence-electron chi connectivity index (χ1n) is 10.3. The van der Waals surface area contributed by atoms with E-state index in [1.807, 2.05) is 47.1 Å². The first kappa shape index (κ1) is 17.5. The highest BCUT2D eigenvalue weighted by molar-refractivity contribution is 5.99. The highest BCUT2D eigenvalue weighted by Gasteiger charge is 2.48. The molecule has 5 rings (SSSR count). The standard InChI is InChI=1S/C22H26N4O2/c1-14-19-15(2)25(18-12-24(13-18)21(27)16-8-6-7-9-16)22(28)20(19)26(23-14)17-10-4-3-5-11-17/h3-5,10-11,15-16,18H,6-9,12-13H2,1-2H3. The molecule has 0 spiro atoms. The molecule has 1 aromatic carbocycles. The number of likely N-dealkylation sites (tertiary alicyclic amines) is 1. The Morgan fingerprint density at radius 3 is 2.46 bits per heavy atom. The second kappa shape index (κ2) is 6.47. The molecule has 2 amide bonds. The van der Waals surface area contributed by atoms with E-state index >= 15 is 0 Å². The summed E-state index contributed by atoms with van der Waals surface area (Å²) in [6.45, 7) is 5.37. The van der Waals surface area contributed by atoms with Crippen molar-refractivity contribution in [2.24, 2.45) is 5.92 Å². The van der Waals surface area contributed by atoms with Gasteiger partial charge in [0, 0.05) is 24.6 Å². The lowest BCUT2D eigenvalue weighted by molar-refractivity contribution is -0.142. The Morgan fingerprint density at radius 2 is 1.79 bits per heavy atom. The zero-order valence-electron chi connectivity index (χ0n) is 16.5. The van der Waals surface area contributed by atoms with E-state index in [1.165, 1.54) is 12.8 Å². The quantitative estimate of drug-likeness (QED) is 0.825. The van der Waals surface area contributed by atoms with Crippen molar-refractivity contribution in [3.05, 3.63) is 47.3 Å². The summed E-state index contributed by atoms with van der Waals surface area (Å²) in [6, 6.07) is 9.91. The van der Waals surface area contributed by atoms with Gasteiger partial charge in [0.15, 0.2) is 0 Å². The van der Waals surface area contributed by atoms with Crippen LogP contribution < -0.4 is 0 Å². The van der Waals surface area contributed by atoms with Crippen LogP contribution in [0.15, 0.2) is 30.3 Å². The fourth-order valence-corrected chi connectivity index (χ4v) is 5.16. The number of aryl methyl sites for hydroxylation is 1. The lowest BCUT2D eigenvalue weighted by Gasteiger charge is -2.46. The Kier molecular flexibility index (Phi) is 4.03. The summed E-state index contributed by atoms with van der Waals surface area (Å²) in [7, 11) is 0. The van der Waals surface area contributed by atoms with Crippen molar-refractivity contribution in [3.63, 3.8) is 0 Å². The Balaban J connectivity index is 1.37. The van der Waals surface area contributed by atoms with Crippen molar-refractivity contribution in [3.8, 4) is 5.69 Å². The summed E-state index contributed by atoms with van der Waals surface area (Å²) in [5.74, 6) is 0.529. The fraction of sp³-hybridized carbons (Fsp3) is 0.500. The molecular formula is C22H26N4O2. The van der Waals surface area contributed by atoms with Gasteiger partial charge in [0.1, 0.15) is 5.69 Å². The third-order valence-corrected chi connectivity index (χ3v) is 6.65. The summed E-state index contributed by atoms with van der Waals surface area (Å²) in [6.07, 6.45) is 4.38. The summed E-state index contributed by atoms with van der Waals surface area (Å²) in [5, 5.41) is 4.64. The molecule has 6 nitrogen and oxygen atoms in total. The second-order valence-corrected chi connectivity index (χ2v) is 8.36. The van der Waals surface area contributed by atoms with Gasteiger partial charge in [-0.3, -0.25) is 9.59 Å². The largest absolute Gasteiger partial charge is 0.338 e. The van der Waals surface area contributed by atoms with Gasteiger partial charge >= 0.3 is 0 Å². The van der Waals surface area contributed by atoms with E-state index < -0.39 is 0 Å². The van der Waals surface area contributed by atoms with Crippen molar-refractivity contribution in [1.29, 1.82) is 0 Å². The average Bonchev–Trinajstić information content (AvgIpc) is 3.36. The number of benzene rings is 1. The van der Waals surface area contributed by atoms with Crippen molar-refractivity contribution in [1.82, 2.24) is 19.6 Å². The van der Waals surface area contributed by atoms with Crippen molar-refractivity contribution < 1.29 is 9.59 Å². The molecule has 146 valence electrons. The molecule has 2 aliphatic heterocycles. The lowest BCUT2D eigenvalue weighted by atomic mass is 10.00. The summed E-state index contributed by atoms with van der Waals surface area (Å²) in [4.78, 5) is 29.9. The van der Waals surface area contributed by atoms with Gasteiger partial charge in [-0.05, 0) is 38.8 Å². The van der Waals surface area contributed by atoms with E-state index in [0.29, 0.717) is 18.8 Å². The van der Waals surface area contributed by atoms with Crippen LogP contribution in [-0.4, -0.2) is 50.5 Å². The molecule has 1 saturated carbocycles. The Morgan fingerprint density at radius 1 is 1.11 bits per heavy atom. The van der Waals surface area contributed by atoms with Crippen molar-refractivity contribution in [2.45, 2.75) is 51.6 Å². The number of carbonyl (C=O) groups excluding carboxylic acids is 2. The number of fused-ring (bicyclic) bond motifs is 1. The molecule has 2 aromatic rings. The predicted molar refractivity (Wildman–Crippen MR) is 105 cm³/mol. The van der Waals surface area contributed by atoms with Crippen LogP contribution in [0.1, 0.15) is 60.4 Å². The predicted octanol–water partition coefficient (Wildman–Crippen LogP) is 3.10. The molecule has 0 bridgehead atoms. The van der Waals surface area contributed by atoms with Crippen LogP contribution in [-0.2, 0) is 4.79 Å². The van der Waals surface area contributed by atoms with Crippen molar-refractivity contribution >= 4 is 11.8 Å². The van der Waals surface area contributed by atoms with Gasteiger partial charge in [-0.1, -0.05) is 31.0 Å². The molecular weight excluding hydrogens is 352 g/mol. The van der Waals surface area contributed by atoms with Crippen LogP contribution in [0.2, 0.25) is 0 Å². The van der Waals surface area contributed by atoms with Crippen LogP contribution >= 0.6 is 0 Å². The molecule has 6 heteroatoms. The van der Waals surface area contributed by atoms with Crippen LogP contribution in [0, 0.1) is 12.8 Å². The minimum atomic E-state index is -0.00584. The van der Waals surface area contributed by atoms with Gasteiger partial charge in [-0.15, -0.1) is 0 Å². The minimum absolute atomic E-state index is 0.00584. The monoisotopic (exact) mass is 378 g/mol. The zero-order chi connectivity index (χ0) is 19.4. The maximum absolute atomic E-state index is 13.3. The normalized spacial score (nSPS) is 22.6.